The Bertz CT molecular complexity index is 1510. The third-order valence-electron chi connectivity index (χ3n) is 5.59. The van der Waals surface area contributed by atoms with Crippen molar-refractivity contribution in [2.75, 3.05) is 5.84 Å². The molecule has 0 aliphatic carbocycles. The fourth-order valence-electron chi connectivity index (χ4n) is 3.66. The number of thioether (sulfide) groups is 1. The minimum absolute atomic E-state index is 0.0671. The lowest BCUT2D eigenvalue weighted by Crippen LogP contribution is -2.14. The van der Waals surface area contributed by atoms with E-state index < -0.39 is 0 Å². The van der Waals surface area contributed by atoms with Crippen molar-refractivity contribution in [1.29, 1.82) is 0 Å². The van der Waals surface area contributed by atoms with Gasteiger partial charge in [0.2, 0.25) is 5.16 Å². The van der Waals surface area contributed by atoms with E-state index in [1.165, 1.54) is 33.3 Å². The van der Waals surface area contributed by atoms with Gasteiger partial charge in [0.05, 0.1) is 16.9 Å². The first-order chi connectivity index (χ1) is 16.2. The Kier molecular flexibility index (Phi) is 5.57. The van der Waals surface area contributed by atoms with Crippen molar-refractivity contribution in [3.05, 3.63) is 69.8 Å². The van der Waals surface area contributed by atoms with Crippen molar-refractivity contribution >= 4 is 33.3 Å². The molecule has 5 aromatic rings. The number of nitrogens with two attached hydrogens (primary N) is 1. The average molecular weight is 493 g/mol. The van der Waals surface area contributed by atoms with Crippen LogP contribution in [0.4, 0.5) is 0 Å². The molecule has 0 radical (unpaired) electrons. The van der Waals surface area contributed by atoms with Crippen molar-refractivity contribution in [2.24, 2.45) is 0 Å². The lowest BCUT2D eigenvalue weighted by atomic mass is 9.87. The molecule has 4 aromatic heterocycles. The zero-order valence-corrected chi connectivity index (χ0v) is 20.8. The maximum Gasteiger partial charge on any atom is 0.260 e. The Labute approximate surface area is 204 Å². The van der Waals surface area contributed by atoms with Gasteiger partial charge in [0.25, 0.3) is 5.56 Å². The van der Waals surface area contributed by atoms with Gasteiger partial charge >= 0.3 is 0 Å². The van der Waals surface area contributed by atoms with Crippen LogP contribution in [0, 0.1) is 0 Å². The van der Waals surface area contributed by atoms with Gasteiger partial charge in [-0.25, -0.2) is 9.66 Å². The highest BCUT2D eigenvalue weighted by Gasteiger charge is 2.21. The molecule has 4 heterocycles. The molecule has 8 nitrogen and oxygen atoms in total. The van der Waals surface area contributed by atoms with Crippen molar-refractivity contribution in [3.63, 3.8) is 0 Å². The number of aromatic nitrogens is 5. The Morgan fingerprint density at radius 3 is 2.62 bits per heavy atom. The Balaban J connectivity index is 1.40. The van der Waals surface area contributed by atoms with Crippen LogP contribution in [0.1, 0.15) is 44.3 Å². The van der Waals surface area contributed by atoms with Crippen molar-refractivity contribution in [1.82, 2.24) is 24.8 Å². The number of hydrogen-bond acceptors (Lipinski definition) is 8. The van der Waals surface area contributed by atoms with Crippen LogP contribution in [0.25, 0.3) is 32.9 Å². The second-order valence-corrected chi connectivity index (χ2v) is 11.2. The van der Waals surface area contributed by atoms with Gasteiger partial charge in [-0.2, -0.15) is 0 Å². The van der Waals surface area contributed by atoms with Crippen LogP contribution in [0.5, 0.6) is 0 Å². The summed E-state index contributed by atoms with van der Waals surface area (Å²) in [6.45, 7) is 8.47. The Hall–Kier alpha value is -3.37. The third-order valence-corrected chi connectivity index (χ3v) is 7.53. The van der Waals surface area contributed by atoms with Crippen LogP contribution < -0.4 is 11.4 Å². The van der Waals surface area contributed by atoms with Crippen LogP contribution in [-0.2, 0) is 5.41 Å². The number of benzene rings is 1. The molecule has 0 fully saturated rings. The van der Waals surface area contributed by atoms with Crippen LogP contribution in [0.15, 0.2) is 62.4 Å². The zero-order valence-electron chi connectivity index (χ0n) is 19.2. The summed E-state index contributed by atoms with van der Waals surface area (Å²) in [5.41, 5.74) is 2.73. The molecule has 0 spiro atoms. The number of H-pyrrole nitrogens is 1. The first kappa shape index (κ1) is 22.4. The van der Waals surface area contributed by atoms with E-state index in [9.17, 15) is 4.79 Å². The van der Waals surface area contributed by atoms with E-state index in [0.29, 0.717) is 32.8 Å². The molecule has 1 atom stereocenters. The van der Waals surface area contributed by atoms with Gasteiger partial charge in [0, 0.05) is 16.5 Å². The minimum atomic E-state index is -0.200. The van der Waals surface area contributed by atoms with Crippen molar-refractivity contribution in [2.45, 2.75) is 43.5 Å². The minimum Gasteiger partial charge on any atom is -0.464 e. The normalized spacial score (nSPS) is 12.9. The van der Waals surface area contributed by atoms with Gasteiger partial charge in [-0.3, -0.25) is 4.79 Å². The summed E-state index contributed by atoms with van der Waals surface area (Å²) >= 11 is 2.80. The summed E-state index contributed by atoms with van der Waals surface area (Å²) in [6.07, 6.45) is 1.59. The van der Waals surface area contributed by atoms with Gasteiger partial charge in [0.1, 0.15) is 16.4 Å². The van der Waals surface area contributed by atoms with Crippen LogP contribution >= 0.6 is 23.1 Å². The number of hydrogen-bond donors (Lipinski definition) is 2. The topological polar surface area (TPSA) is 116 Å². The summed E-state index contributed by atoms with van der Waals surface area (Å²) in [6, 6.07) is 11.8. The summed E-state index contributed by atoms with van der Waals surface area (Å²) in [7, 11) is 0. The largest absolute Gasteiger partial charge is 0.464 e. The van der Waals surface area contributed by atoms with E-state index >= 15 is 0 Å². The molecule has 1 unspecified atom stereocenters. The standard InChI is InChI=1S/C24H24N6O2S2/c1-13(19-26-21(31)18-16(12-33-22(18)27-19)17-6-5-11-32-17)34-23-29-28-20(30(23)25)14-7-9-15(10-8-14)24(2,3)4/h5-13H,25H2,1-4H3,(H,26,27,31). The first-order valence-corrected chi connectivity index (χ1v) is 12.5. The second kappa shape index (κ2) is 8.44. The van der Waals surface area contributed by atoms with Crippen LogP contribution in [0.3, 0.4) is 0 Å². The summed E-state index contributed by atoms with van der Waals surface area (Å²) in [5.74, 6) is 8.11. The Morgan fingerprint density at radius 2 is 1.94 bits per heavy atom. The molecule has 1 aromatic carbocycles. The highest BCUT2D eigenvalue weighted by Crippen LogP contribution is 2.35. The molecule has 0 bridgehead atoms. The third kappa shape index (κ3) is 4.03. The van der Waals surface area contributed by atoms with E-state index in [0.717, 1.165) is 11.1 Å². The molecule has 10 heteroatoms. The monoisotopic (exact) mass is 492 g/mol. The summed E-state index contributed by atoms with van der Waals surface area (Å²) in [5, 5.41) is 11.3. The Morgan fingerprint density at radius 1 is 1.18 bits per heavy atom. The van der Waals surface area contributed by atoms with E-state index in [2.05, 4.69) is 48.1 Å². The molecular weight excluding hydrogens is 468 g/mol. The molecule has 0 amide bonds. The van der Waals surface area contributed by atoms with Crippen LogP contribution in [0.2, 0.25) is 0 Å². The number of aromatic amines is 1. The summed E-state index contributed by atoms with van der Waals surface area (Å²) in [4.78, 5) is 21.2. The highest BCUT2D eigenvalue weighted by atomic mass is 32.2. The molecule has 174 valence electrons. The van der Waals surface area contributed by atoms with E-state index in [4.69, 9.17) is 15.2 Å². The number of rotatable bonds is 5. The van der Waals surface area contributed by atoms with Gasteiger partial charge in [-0.15, -0.1) is 21.5 Å². The number of furan rings is 1. The van der Waals surface area contributed by atoms with Gasteiger partial charge < -0.3 is 15.2 Å². The molecule has 3 N–H and O–H groups in total. The molecule has 0 aliphatic rings. The highest BCUT2D eigenvalue weighted by molar-refractivity contribution is 7.99. The van der Waals surface area contributed by atoms with E-state index in [1.807, 2.05) is 30.5 Å². The van der Waals surface area contributed by atoms with Crippen molar-refractivity contribution < 1.29 is 4.42 Å². The number of nitrogens with zero attached hydrogens (tertiary/aromatic N) is 4. The maximum absolute atomic E-state index is 12.9. The number of thiophene rings is 1. The molecule has 0 saturated heterocycles. The molecule has 5 rings (SSSR count). The lowest BCUT2D eigenvalue weighted by Gasteiger charge is -2.19. The van der Waals surface area contributed by atoms with Gasteiger partial charge in [-0.05, 0) is 30.0 Å². The fraction of sp³-hybridized carbons (Fsp3) is 0.250. The first-order valence-electron chi connectivity index (χ1n) is 10.8. The molecule has 0 saturated carbocycles. The quantitative estimate of drug-likeness (QED) is 0.250. The molecule has 0 aliphatic heterocycles. The van der Waals surface area contributed by atoms with Gasteiger partial charge in [-0.1, -0.05) is 56.8 Å². The molecular formula is C24H24N6O2S2. The van der Waals surface area contributed by atoms with Crippen LogP contribution in [-0.4, -0.2) is 24.8 Å². The zero-order chi connectivity index (χ0) is 24.0. The van der Waals surface area contributed by atoms with Crippen molar-refractivity contribution in [3.8, 4) is 22.7 Å². The predicted octanol–water partition coefficient (Wildman–Crippen LogP) is 5.37. The number of nitrogen functional groups attached to an aromatic ring is 1. The lowest BCUT2D eigenvalue weighted by molar-refractivity contribution is 0.583. The van der Waals surface area contributed by atoms with Gasteiger partial charge in [0.15, 0.2) is 5.82 Å². The number of nitrogens with one attached hydrogen (secondary N) is 1. The predicted molar refractivity (Wildman–Crippen MR) is 137 cm³/mol. The smallest absolute Gasteiger partial charge is 0.260 e. The van der Waals surface area contributed by atoms with E-state index in [1.54, 1.807) is 12.3 Å². The second-order valence-electron chi connectivity index (χ2n) is 9.02. The summed E-state index contributed by atoms with van der Waals surface area (Å²) < 4.78 is 6.94. The average Bonchev–Trinajstić information content (AvgIpc) is 3.54. The number of fused-ring (bicyclic) bond motifs is 1. The fourth-order valence-corrected chi connectivity index (χ4v) is 5.42. The maximum atomic E-state index is 12.9. The van der Waals surface area contributed by atoms with E-state index in [-0.39, 0.29) is 16.2 Å². The SMILES string of the molecule is CC(Sc1nnc(-c2ccc(C(C)(C)C)cc2)n1N)c1nc2scc(-c3ccco3)c2c(=O)[nH]1. The molecule has 34 heavy (non-hydrogen) atoms.